The maximum atomic E-state index is 12.6. The van der Waals surface area contributed by atoms with Gasteiger partial charge in [0.15, 0.2) is 0 Å². The molecular weight excluding hydrogens is 274 g/mol. The highest BCUT2D eigenvalue weighted by Crippen LogP contribution is 2.52. The van der Waals surface area contributed by atoms with E-state index < -0.39 is 17.4 Å². The zero-order valence-corrected chi connectivity index (χ0v) is 12.4. The van der Waals surface area contributed by atoms with E-state index >= 15 is 0 Å². The van der Waals surface area contributed by atoms with Gasteiger partial charge in [-0.1, -0.05) is 12.2 Å². The highest BCUT2D eigenvalue weighted by Gasteiger charge is 2.67. The smallest absolute Gasteiger partial charge is 0.312 e. The molecule has 6 heteroatoms. The summed E-state index contributed by atoms with van der Waals surface area (Å²) in [5.41, 5.74) is -0.633. The van der Waals surface area contributed by atoms with E-state index in [0.29, 0.717) is 26.3 Å². The monoisotopic (exact) mass is 295 g/mol. The van der Waals surface area contributed by atoms with E-state index in [0.717, 1.165) is 6.42 Å². The van der Waals surface area contributed by atoms with Crippen LogP contribution >= 0.6 is 0 Å². The van der Waals surface area contributed by atoms with Gasteiger partial charge in [0.1, 0.15) is 11.5 Å². The Balaban J connectivity index is 1.77. The number of fused-ring (bicyclic) bond motifs is 1. The molecule has 3 heterocycles. The van der Waals surface area contributed by atoms with Gasteiger partial charge in [0.25, 0.3) is 0 Å². The largest absolute Gasteiger partial charge is 0.466 e. The maximum absolute atomic E-state index is 12.6. The minimum absolute atomic E-state index is 0.00370. The second-order valence-corrected chi connectivity index (χ2v) is 5.76. The molecule has 6 nitrogen and oxygen atoms in total. The number of esters is 1. The molecule has 1 unspecified atom stereocenters. The highest BCUT2D eigenvalue weighted by molar-refractivity contribution is 5.91. The number of hydrogen-bond donors (Lipinski definition) is 0. The number of carbonyl (C=O) groups is 2. The predicted molar refractivity (Wildman–Crippen MR) is 73.4 cm³/mol. The van der Waals surface area contributed by atoms with Crippen LogP contribution in [0.5, 0.6) is 0 Å². The van der Waals surface area contributed by atoms with Crippen LogP contribution in [-0.2, 0) is 23.8 Å². The minimum atomic E-state index is -0.633. The van der Waals surface area contributed by atoms with Crippen molar-refractivity contribution in [2.75, 3.05) is 33.4 Å². The maximum Gasteiger partial charge on any atom is 0.312 e. The van der Waals surface area contributed by atoms with Crippen LogP contribution in [0.4, 0.5) is 0 Å². The van der Waals surface area contributed by atoms with Crippen molar-refractivity contribution in [3.63, 3.8) is 0 Å². The van der Waals surface area contributed by atoms with Gasteiger partial charge in [0.2, 0.25) is 5.91 Å². The van der Waals surface area contributed by atoms with Crippen molar-refractivity contribution in [2.24, 2.45) is 11.8 Å². The van der Waals surface area contributed by atoms with E-state index in [4.69, 9.17) is 14.2 Å². The average Bonchev–Trinajstić information content (AvgIpc) is 3.08. The first-order valence-corrected chi connectivity index (χ1v) is 7.44. The van der Waals surface area contributed by atoms with E-state index in [2.05, 4.69) is 0 Å². The van der Waals surface area contributed by atoms with Crippen LogP contribution in [0.3, 0.4) is 0 Å². The quantitative estimate of drug-likeness (QED) is 0.402. The molecule has 116 valence electrons. The molecule has 0 aromatic carbocycles. The van der Waals surface area contributed by atoms with E-state index in [1.165, 1.54) is 0 Å². The normalized spacial score (nSPS) is 36.4. The van der Waals surface area contributed by atoms with Gasteiger partial charge in [0.05, 0.1) is 25.2 Å². The fraction of sp³-hybridized carbons (Fsp3) is 0.733. The van der Waals surface area contributed by atoms with Crippen LogP contribution in [0.25, 0.3) is 0 Å². The molecule has 3 aliphatic heterocycles. The third-order valence-corrected chi connectivity index (χ3v) is 4.51. The van der Waals surface area contributed by atoms with Crippen molar-refractivity contribution in [1.29, 1.82) is 0 Å². The number of ether oxygens (including phenoxy) is 3. The van der Waals surface area contributed by atoms with Crippen LogP contribution in [0, 0.1) is 11.8 Å². The first-order valence-electron chi connectivity index (χ1n) is 7.44. The second kappa shape index (κ2) is 5.42. The summed E-state index contributed by atoms with van der Waals surface area (Å²) < 4.78 is 16.1. The average molecular weight is 295 g/mol. The van der Waals surface area contributed by atoms with Gasteiger partial charge in [-0.25, -0.2) is 0 Å². The van der Waals surface area contributed by atoms with Gasteiger partial charge >= 0.3 is 5.97 Å². The number of amides is 1. The predicted octanol–water partition coefficient (Wildman–Crippen LogP) is 0.368. The van der Waals surface area contributed by atoms with Crippen molar-refractivity contribution in [3.8, 4) is 0 Å². The van der Waals surface area contributed by atoms with Crippen molar-refractivity contribution in [2.45, 2.75) is 25.0 Å². The van der Waals surface area contributed by atoms with Crippen molar-refractivity contribution < 1.29 is 23.8 Å². The molecule has 0 N–H and O–H groups in total. The van der Waals surface area contributed by atoms with Gasteiger partial charge in [-0.2, -0.15) is 0 Å². The number of nitrogens with zero attached hydrogens (tertiary/aromatic N) is 1. The highest BCUT2D eigenvalue weighted by atomic mass is 16.6. The molecule has 1 spiro atoms. The molecule has 4 atom stereocenters. The van der Waals surface area contributed by atoms with Crippen LogP contribution < -0.4 is 0 Å². The summed E-state index contributed by atoms with van der Waals surface area (Å²) in [7, 11) is 1.64. The van der Waals surface area contributed by atoms with Gasteiger partial charge < -0.3 is 19.1 Å². The summed E-state index contributed by atoms with van der Waals surface area (Å²) in [6.07, 6.45) is 4.30. The zero-order chi connectivity index (χ0) is 15.0. The Kier molecular flexibility index (Phi) is 3.75. The Morgan fingerprint density at radius 2 is 2.38 bits per heavy atom. The fourth-order valence-corrected chi connectivity index (χ4v) is 3.67. The Morgan fingerprint density at radius 1 is 1.57 bits per heavy atom. The van der Waals surface area contributed by atoms with Crippen LogP contribution in [0.2, 0.25) is 0 Å². The molecule has 0 radical (unpaired) electrons. The third-order valence-electron chi connectivity index (χ3n) is 4.51. The molecule has 2 saturated heterocycles. The number of hydrogen-bond acceptors (Lipinski definition) is 5. The van der Waals surface area contributed by atoms with Crippen molar-refractivity contribution in [1.82, 2.24) is 4.90 Å². The molecule has 0 aromatic heterocycles. The van der Waals surface area contributed by atoms with E-state index in [-0.39, 0.29) is 18.0 Å². The molecule has 0 aromatic rings. The SMILES string of the molecule is CCOC(=O)C1[C@@H]2C=C[C@]3(CN(CCCOC)C(=O)[C@H]13)O2. The first-order chi connectivity index (χ1) is 10.1. The molecule has 2 bridgehead atoms. The van der Waals surface area contributed by atoms with Crippen LogP contribution in [-0.4, -0.2) is 61.9 Å². The Bertz CT molecular complexity index is 477. The van der Waals surface area contributed by atoms with E-state index in [9.17, 15) is 9.59 Å². The summed E-state index contributed by atoms with van der Waals surface area (Å²) >= 11 is 0. The van der Waals surface area contributed by atoms with Gasteiger partial charge in [-0.15, -0.1) is 0 Å². The lowest BCUT2D eigenvalue weighted by molar-refractivity contribution is -0.153. The van der Waals surface area contributed by atoms with Crippen LogP contribution in [0.15, 0.2) is 12.2 Å². The molecule has 2 fully saturated rings. The number of methoxy groups -OCH3 is 1. The number of rotatable bonds is 6. The Labute approximate surface area is 124 Å². The Hall–Kier alpha value is -1.40. The lowest BCUT2D eigenvalue weighted by Crippen LogP contribution is -2.40. The topological polar surface area (TPSA) is 65.1 Å². The Morgan fingerprint density at radius 3 is 3.10 bits per heavy atom. The number of likely N-dealkylation sites (tertiary alicyclic amines) is 1. The third kappa shape index (κ3) is 2.17. The summed E-state index contributed by atoms with van der Waals surface area (Å²) in [4.78, 5) is 26.6. The summed E-state index contributed by atoms with van der Waals surface area (Å²) in [6, 6.07) is 0. The van der Waals surface area contributed by atoms with Crippen LogP contribution in [0.1, 0.15) is 13.3 Å². The summed E-state index contributed by atoms with van der Waals surface area (Å²) in [6.45, 7) is 3.84. The van der Waals surface area contributed by atoms with Gasteiger partial charge in [-0.05, 0) is 13.3 Å². The van der Waals surface area contributed by atoms with Gasteiger partial charge in [-0.3, -0.25) is 9.59 Å². The molecule has 0 aliphatic carbocycles. The molecule has 3 rings (SSSR count). The zero-order valence-electron chi connectivity index (χ0n) is 12.4. The molecule has 21 heavy (non-hydrogen) atoms. The molecular formula is C15H21NO5. The molecule has 1 amide bonds. The lowest BCUT2D eigenvalue weighted by atomic mass is 9.77. The summed E-state index contributed by atoms with van der Waals surface area (Å²) in [5.74, 6) is -1.27. The van der Waals surface area contributed by atoms with Crippen molar-refractivity contribution in [3.05, 3.63) is 12.2 Å². The second-order valence-electron chi connectivity index (χ2n) is 5.76. The standard InChI is InChI=1S/C15H21NO5/c1-3-20-14(18)11-10-5-6-15(21-10)9-16(7-4-8-19-2)13(17)12(11)15/h5-6,10-12H,3-4,7-9H2,1-2H3/t10-,11?,12-,15+/m0/s1. The summed E-state index contributed by atoms with van der Waals surface area (Å²) in [5, 5.41) is 0. The fourth-order valence-electron chi connectivity index (χ4n) is 3.67. The van der Waals surface area contributed by atoms with E-state index in [1.54, 1.807) is 18.9 Å². The lowest BCUT2D eigenvalue weighted by Gasteiger charge is -2.22. The molecule has 3 aliphatic rings. The molecule has 0 saturated carbocycles. The number of carbonyl (C=O) groups excluding carboxylic acids is 2. The van der Waals surface area contributed by atoms with E-state index in [1.807, 2.05) is 12.2 Å². The first kappa shape index (κ1) is 14.5. The van der Waals surface area contributed by atoms with Gasteiger partial charge in [0, 0.05) is 20.3 Å². The van der Waals surface area contributed by atoms with Crippen molar-refractivity contribution >= 4 is 11.9 Å². The minimum Gasteiger partial charge on any atom is -0.466 e.